The molecule has 1 aromatic rings. The van der Waals surface area contributed by atoms with Crippen molar-refractivity contribution < 1.29 is 28.2 Å². The fraction of sp³-hybridized carbons (Fsp3) is 0.562. The molecule has 25 heavy (non-hydrogen) atoms. The molecule has 0 spiro atoms. The van der Waals surface area contributed by atoms with Crippen LogP contribution >= 0.6 is 11.6 Å². The lowest BCUT2D eigenvalue weighted by atomic mass is 9.74. The van der Waals surface area contributed by atoms with Gasteiger partial charge < -0.3 is 14.9 Å². The quantitative estimate of drug-likeness (QED) is 0.768. The number of aliphatic carboxylic acids is 1. The number of aliphatic hydroxyl groups is 1. The van der Waals surface area contributed by atoms with Gasteiger partial charge in [0.05, 0.1) is 13.2 Å². The molecule has 0 radical (unpaired) electrons. The summed E-state index contributed by atoms with van der Waals surface area (Å²) in [4.78, 5) is 11.7. The van der Waals surface area contributed by atoms with Crippen LogP contribution in [-0.2, 0) is 14.8 Å². The predicted octanol–water partition coefficient (Wildman–Crippen LogP) is 1.98. The lowest BCUT2D eigenvalue weighted by molar-refractivity contribution is -0.161. The molecule has 0 bridgehead atoms. The van der Waals surface area contributed by atoms with Crippen molar-refractivity contribution >= 4 is 27.6 Å². The van der Waals surface area contributed by atoms with Crippen molar-refractivity contribution in [3.8, 4) is 5.75 Å². The van der Waals surface area contributed by atoms with E-state index < -0.39 is 27.5 Å². The van der Waals surface area contributed by atoms with Gasteiger partial charge in [-0.25, -0.2) is 8.42 Å². The fourth-order valence-corrected chi connectivity index (χ4v) is 5.19. The summed E-state index contributed by atoms with van der Waals surface area (Å²) in [6, 6.07) is 4.24. The van der Waals surface area contributed by atoms with Gasteiger partial charge in [-0.1, -0.05) is 24.9 Å². The average Bonchev–Trinajstić information content (AvgIpc) is 2.56. The lowest BCUT2D eigenvalue weighted by Gasteiger charge is -2.42. The number of benzene rings is 1. The summed E-state index contributed by atoms with van der Waals surface area (Å²) in [5.41, 5.74) is -1.52. The van der Waals surface area contributed by atoms with Gasteiger partial charge in [0.25, 0.3) is 0 Å². The number of sulfonamides is 1. The number of carboxylic acids is 1. The van der Waals surface area contributed by atoms with Gasteiger partial charge in [-0.05, 0) is 31.0 Å². The van der Waals surface area contributed by atoms with E-state index in [-0.39, 0.29) is 41.6 Å². The second-order valence-electron chi connectivity index (χ2n) is 6.15. The number of ether oxygens (including phenoxy) is 1. The third kappa shape index (κ3) is 3.62. The Morgan fingerprint density at radius 3 is 2.72 bits per heavy atom. The number of carbonyl (C=O) groups is 1. The first-order chi connectivity index (χ1) is 11.7. The molecule has 0 saturated carbocycles. The zero-order chi connectivity index (χ0) is 18.8. The van der Waals surface area contributed by atoms with Crippen molar-refractivity contribution in [3.05, 3.63) is 23.2 Å². The van der Waals surface area contributed by atoms with E-state index in [4.69, 9.17) is 16.3 Å². The minimum absolute atomic E-state index is 0.0257. The highest BCUT2D eigenvalue weighted by Gasteiger charge is 2.51. The molecule has 1 aromatic carbocycles. The molecule has 0 aromatic heterocycles. The smallest absolute Gasteiger partial charge is 0.313 e. The maximum atomic E-state index is 13.1. The zero-order valence-corrected chi connectivity index (χ0v) is 15.7. The van der Waals surface area contributed by atoms with Gasteiger partial charge in [0.2, 0.25) is 10.0 Å². The molecule has 1 aliphatic rings. The molecular formula is C16H22ClNO6S. The second kappa shape index (κ2) is 7.49. The van der Waals surface area contributed by atoms with Crippen molar-refractivity contribution in [3.63, 3.8) is 0 Å². The number of hydrogen-bond acceptors (Lipinski definition) is 5. The van der Waals surface area contributed by atoms with Crippen molar-refractivity contribution in [2.24, 2.45) is 5.41 Å². The van der Waals surface area contributed by atoms with Crippen LogP contribution in [0.3, 0.4) is 0 Å². The third-order valence-electron chi connectivity index (χ3n) is 4.61. The van der Waals surface area contributed by atoms with Gasteiger partial charge in [-0.2, -0.15) is 4.31 Å². The topological polar surface area (TPSA) is 104 Å². The van der Waals surface area contributed by atoms with Crippen LogP contribution in [-0.4, -0.2) is 55.2 Å². The summed E-state index contributed by atoms with van der Waals surface area (Å²) in [5.74, 6) is -1.06. The third-order valence-corrected chi connectivity index (χ3v) is 6.72. The molecule has 0 aliphatic carbocycles. The summed E-state index contributed by atoms with van der Waals surface area (Å²) in [5, 5.41) is 20.2. The van der Waals surface area contributed by atoms with E-state index in [9.17, 15) is 23.4 Å². The maximum absolute atomic E-state index is 13.1. The number of aliphatic hydroxyl groups excluding tert-OH is 1. The van der Waals surface area contributed by atoms with Crippen LogP contribution in [0.2, 0.25) is 5.02 Å². The first kappa shape index (κ1) is 20.0. The summed E-state index contributed by atoms with van der Waals surface area (Å²) in [6.07, 6.45) is -0.355. The maximum Gasteiger partial charge on any atom is 0.313 e. The minimum atomic E-state index is -4.02. The lowest BCUT2D eigenvalue weighted by Crippen LogP contribution is -2.57. The van der Waals surface area contributed by atoms with E-state index in [0.717, 1.165) is 4.31 Å². The molecular weight excluding hydrogens is 370 g/mol. The molecule has 1 aliphatic heterocycles. The standard InChI is InChI=1S/C16H22ClNO6S/c1-3-7-16(15(20)21)10-18(8-6-14(16)19)25(22,23)13-9-11(17)4-5-12(13)24-2/h4-5,9,14,19H,3,6-8,10H2,1-2H3,(H,20,21)/t14-,16+/m1/s1. The fourth-order valence-electron chi connectivity index (χ4n) is 3.25. The van der Waals surface area contributed by atoms with Crippen molar-refractivity contribution in [1.29, 1.82) is 0 Å². The van der Waals surface area contributed by atoms with E-state index in [1.165, 1.54) is 25.3 Å². The normalized spacial score (nSPS) is 24.9. The molecule has 0 amide bonds. The van der Waals surface area contributed by atoms with E-state index in [0.29, 0.717) is 6.42 Å². The van der Waals surface area contributed by atoms with E-state index >= 15 is 0 Å². The Balaban J connectivity index is 2.47. The number of nitrogens with zero attached hydrogens (tertiary/aromatic N) is 1. The highest BCUT2D eigenvalue weighted by atomic mass is 35.5. The molecule has 1 fully saturated rings. The monoisotopic (exact) mass is 391 g/mol. The number of carboxylic acid groups (broad SMARTS) is 1. The Morgan fingerprint density at radius 1 is 1.48 bits per heavy atom. The molecule has 140 valence electrons. The molecule has 1 heterocycles. The van der Waals surface area contributed by atoms with Crippen LogP contribution in [0.1, 0.15) is 26.2 Å². The number of methoxy groups -OCH3 is 1. The van der Waals surface area contributed by atoms with E-state index in [2.05, 4.69) is 0 Å². The molecule has 7 nitrogen and oxygen atoms in total. The SMILES string of the molecule is CCC[C@]1(C(=O)O)CN(S(=O)(=O)c2cc(Cl)ccc2OC)CC[C@H]1O. The molecule has 1 saturated heterocycles. The largest absolute Gasteiger partial charge is 0.495 e. The number of piperidine rings is 1. The van der Waals surface area contributed by atoms with Crippen LogP contribution in [0.15, 0.2) is 23.1 Å². The van der Waals surface area contributed by atoms with Crippen molar-refractivity contribution in [1.82, 2.24) is 4.31 Å². The van der Waals surface area contributed by atoms with Crippen LogP contribution in [0.5, 0.6) is 5.75 Å². The molecule has 2 N–H and O–H groups in total. The summed E-state index contributed by atoms with van der Waals surface area (Å²) in [6.45, 7) is 1.53. The first-order valence-electron chi connectivity index (χ1n) is 7.94. The Morgan fingerprint density at radius 2 is 2.16 bits per heavy atom. The molecule has 2 rings (SSSR count). The molecule has 0 unspecified atom stereocenters. The summed E-state index contributed by atoms with van der Waals surface area (Å²) >= 11 is 5.93. The zero-order valence-electron chi connectivity index (χ0n) is 14.1. The van der Waals surface area contributed by atoms with Gasteiger partial charge in [-0.15, -0.1) is 0 Å². The number of hydrogen-bond donors (Lipinski definition) is 2. The van der Waals surface area contributed by atoms with E-state index in [1.54, 1.807) is 6.92 Å². The Bertz CT molecular complexity index is 753. The van der Waals surface area contributed by atoms with Gasteiger partial charge >= 0.3 is 5.97 Å². The average molecular weight is 392 g/mol. The second-order valence-corrected chi connectivity index (χ2v) is 8.49. The van der Waals surface area contributed by atoms with Gasteiger partial charge in [-0.3, -0.25) is 4.79 Å². The van der Waals surface area contributed by atoms with Crippen LogP contribution in [0, 0.1) is 5.41 Å². The van der Waals surface area contributed by atoms with Gasteiger partial charge in [0.1, 0.15) is 16.1 Å². The highest BCUT2D eigenvalue weighted by molar-refractivity contribution is 7.89. The number of halogens is 1. The minimum Gasteiger partial charge on any atom is -0.495 e. The number of rotatable bonds is 6. The Hall–Kier alpha value is -1.35. The van der Waals surface area contributed by atoms with Crippen molar-refractivity contribution in [2.75, 3.05) is 20.2 Å². The van der Waals surface area contributed by atoms with Gasteiger partial charge in [0, 0.05) is 18.1 Å². The first-order valence-corrected chi connectivity index (χ1v) is 9.76. The summed E-state index contributed by atoms with van der Waals surface area (Å²) in [7, 11) is -2.68. The van der Waals surface area contributed by atoms with Crippen LogP contribution < -0.4 is 4.74 Å². The Kier molecular flexibility index (Phi) is 5.98. The molecule has 2 atom stereocenters. The van der Waals surface area contributed by atoms with Crippen LogP contribution in [0.25, 0.3) is 0 Å². The highest BCUT2D eigenvalue weighted by Crippen LogP contribution is 2.39. The van der Waals surface area contributed by atoms with E-state index in [1.807, 2.05) is 0 Å². The Labute approximate surface area is 152 Å². The molecule has 9 heteroatoms. The van der Waals surface area contributed by atoms with Crippen molar-refractivity contribution in [2.45, 2.75) is 37.2 Å². The predicted molar refractivity (Wildman–Crippen MR) is 92.4 cm³/mol. The van der Waals surface area contributed by atoms with Gasteiger partial charge in [0.15, 0.2) is 0 Å². The van der Waals surface area contributed by atoms with Crippen LogP contribution in [0.4, 0.5) is 0 Å². The summed E-state index contributed by atoms with van der Waals surface area (Å²) < 4.78 is 32.3.